The summed E-state index contributed by atoms with van der Waals surface area (Å²) >= 11 is 6.11. The van der Waals surface area contributed by atoms with Gasteiger partial charge in [0.05, 0.1) is 6.04 Å². The van der Waals surface area contributed by atoms with Crippen molar-refractivity contribution in [2.75, 3.05) is 11.9 Å². The molecule has 0 aromatic heterocycles. The lowest BCUT2D eigenvalue weighted by Crippen LogP contribution is -2.36. The molecule has 0 aliphatic carbocycles. The van der Waals surface area contributed by atoms with Gasteiger partial charge in [-0.2, -0.15) is 0 Å². The van der Waals surface area contributed by atoms with E-state index in [1.807, 2.05) is 29.2 Å². The summed E-state index contributed by atoms with van der Waals surface area (Å²) in [6, 6.07) is 13.9. The van der Waals surface area contributed by atoms with Crippen molar-refractivity contribution in [1.82, 2.24) is 10.4 Å². The number of amides is 2. The Labute approximate surface area is 163 Å². The number of nitrogens with zero attached hydrogens (tertiary/aromatic N) is 1. The Morgan fingerprint density at radius 1 is 1.30 bits per heavy atom. The molecule has 0 spiro atoms. The van der Waals surface area contributed by atoms with Gasteiger partial charge >= 0.3 is 0 Å². The van der Waals surface area contributed by atoms with E-state index in [9.17, 15) is 9.59 Å². The molecule has 2 atom stereocenters. The summed E-state index contributed by atoms with van der Waals surface area (Å²) in [4.78, 5) is 26.2. The van der Waals surface area contributed by atoms with Crippen LogP contribution < -0.4 is 10.8 Å². The number of carbonyl (C=O) groups is 2. The Morgan fingerprint density at radius 2 is 2.04 bits per heavy atom. The number of hydrogen-bond donors (Lipinski definition) is 3. The lowest BCUT2D eigenvalue weighted by atomic mass is 10.0. The fraction of sp³-hybridized carbons (Fsp3) is 0.300. The minimum absolute atomic E-state index is 0.00127. The molecule has 1 saturated heterocycles. The lowest BCUT2D eigenvalue weighted by Gasteiger charge is -2.28. The summed E-state index contributed by atoms with van der Waals surface area (Å²) in [7, 11) is 0. The number of nitrogens with one attached hydrogen (secondary N) is 2. The van der Waals surface area contributed by atoms with Crippen LogP contribution in [0.4, 0.5) is 5.69 Å². The summed E-state index contributed by atoms with van der Waals surface area (Å²) in [5.41, 5.74) is 3.73. The molecule has 3 N–H and O–H groups in total. The van der Waals surface area contributed by atoms with Crippen molar-refractivity contribution < 1.29 is 14.8 Å². The molecule has 3 rings (SSSR count). The molecule has 2 amide bonds. The number of carbonyl (C=O) groups excluding carboxylic acids is 2. The van der Waals surface area contributed by atoms with Gasteiger partial charge in [-0.25, -0.2) is 5.48 Å². The van der Waals surface area contributed by atoms with Crippen LogP contribution in [0.25, 0.3) is 0 Å². The number of halogens is 1. The van der Waals surface area contributed by atoms with Gasteiger partial charge in [-0.1, -0.05) is 30.7 Å². The second kappa shape index (κ2) is 8.41. The van der Waals surface area contributed by atoms with E-state index < -0.39 is 5.91 Å². The van der Waals surface area contributed by atoms with Crippen LogP contribution in [-0.4, -0.2) is 34.5 Å². The molecular weight excluding hydrogens is 366 g/mol. The molecule has 0 saturated carbocycles. The maximum atomic E-state index is 12.9. The Bertz CT molecular complexity index is 825. The maximum Gasteiger partial charge on any atom is 0.274 e. The van der Waals surface area contributed by atoms with Crippen molar-refractivity contribution >= 4 is 29.1 Å². The molecule has 2 unspecified atom stereocenters. The number of hydroxylamine groups is 1. The van der Waals surface area contributed by atoms with E-state index in [-0.39, 0.29) is 18.0 Å². The minimum atomic E-state index is -0.572. The van der Waals surface area contributed by atoms with Crippen LogP contribution in [0.15, 0.2) is 48.5 Å². The molecule has 2 aromatic rings. The lowest BCUT2D eigenvalue weighted by molar-refractivity contribution is -0.130. The summed E-state index contributed by atoms with van der Waals surface area (Å²) in [5, 5.41) is 12.6. The number of anilines is 1. The molecule has 0 radical (unpaired) electrons. The molecule has 7 heteroatoms. The molecule has 1 aliphatic heterocycles. The smallest absolute Gasteiger partial charge is 0.274 e. The second-order valence-corrected chi connectivity index (χ2v) is 6.95. The van der Waals surface area contributed by atoms with Crippen LogP contribution in [0.2, 0.25) is 5.02 Å². The third-order valence-electron chi connectivity index (χ3n) is 4.83. The minimum Gasteiger partial charge on any atom is -0.374 e. The second-order valence-electron chi connectivity index (χ2n) is 6.51. The third-order valence-corrected chi connectivity index (χ3v) is 5.06. The highest BCUT2D eigenvalue weighted by atomic mass is 35.5. The highest BCUT2D eigenvalue weighted by Crippen LogP contribution is 2.31. The van der Waals surface area contributed by atoms with Crippen molar-refractivity contribution in [3.05, 3.63) is 64.7 Å². The monoisotopic (exact) mass is 387 g/mol. The Balaban J connectivity index is 1.69. The van der Waals surface area contributed by atoms with Gasteiger partial charge in [0.25, 0.3) is 5.91 Å². The van der Waals surface area contributed by atoms with E-state index in [1.165, 1.54) is 0 Å². The fourth-order valence-electron chi connectivity index (χ4n) is 3.48. The average molecular weight is 388 g/mol. The standard InChI is InChI=1S/C20H22ClN3O3/c1-2-18(14-4-3-5-15(21)12-14)24-11-10-17(20(24)26)22-16-8-6-13(7-9-16)19(25)23-27/h3-9,12,17-18,22,27H,2,10-11H2,1H3,(H,23,25). The number of likely N-dealkylation sites (tertiary alicyclic amines) is 1. The quantitative estimate of drug-likeness (QED) is 0.522. The van der Waals surface area contributed by atoms with Crippen LogP contribution in [-0.2, 0) is 4.79 Å². The van der Waals surface area contributed by atoms with Crippen molar-refractivity contribution in [2.24, 2.45) is 0 Å². The number of hydrogen-bond acceptors (Lipinski definition) is 4. The molecule has 27 heavy (non-hydrogen) atoms. The zero-order valence-corrected chi connectivity index (χ0v) is 15.7. The molecule has 142 valence electrons. The molecule has 1 heterocycles. The Morgan fingerprint density at radius 3 is 2.67 bits per heavy atom. The Kier molecular flexibility index (Phi) is 5.98. The van der Waals surface area contributed by atoms with E-state index in [4.69, 9.17) is 16.8 Å². The molecule has 1 aliphatic rings. The van der Waals surface area contributed by atoms with Crippen molar-refractivity contribution in [3.63, 3.8) is 0 Å². The summed E-state index contributed by atoms with van der Waals surface area (Å²) in [6.45, 7) is 2.73. The van der Waals surface area contributed by atoms with Gasteiger partial charge in [0.1, 0.15) is 6.04 Å². The van der Waals surface area contributed by atoms with Crippen molar-refractivity contribution in [2.45, 2.75) is 31.8 Å². The van der Waals surface area contributed by atoms with Crippen LogP contribution in [0, 0.1) is 0 Å². The van der Waals surface area contributed by atoms with E-state index in [2.05, 4.69) is 12.2 Å². The predicted molar refractivity (Wildman–Crippen MR) is 104 cm³/mol. The first-order chi connectivity index (χ1) is 13.0. The SMILES string of the molecule is CCC(c1cccc(Cl)c1)N1CCC(Nc2ccc(C(=O)NO)cc2)C1=O. The number of benzene rings is 2. The highest BCUT2D eigenvalue weighted by molar-refractivity contribution is 6.30. The van der Waals surface area contributed by atoms with Gasteiger partial charge in [-0.3, -0.25) is 14.8 Å². The van der Waals surface area contributed by atoms with Gasteiger partial charge in [-0.05, 0) is 54.8 Å². The van der Waals surface area contributed by atoms with Crippen LogP contribution in [0.1, 0.15) is 41.7 Å². The maximum absolute atomic E-state index is 12.9. The molecular formula is C20H22ClN3O3. The van der Waals surface area contributed by atoms with E-state index in [1.54, 1.807) is 29.7 Å². The summed E-state index contributed by atoms with van der Waals surface area (Å²) in [5.74, 6) is -0.518. The zero-order valence-electron chi connectivity index (χ0n) is 15.0. The van der Waals surface area contributed by atoms with Crippen LogP contribution >= 0.6 is 11.6 Å². The Hall–Kier alpha value is -2.57. The molecule has 2 aromatic carbocycles. The van der Waals surface area contributed by atoms with Crippen LogP contribution in [0.5, 0.6) is 0 Å². The zero-order chi connectivity index (χ0) is 19.4. The average Bonchev–Trinajstić information content (AvgIpc) is 3.03. The van der Waals surface area contributed by atoms with Gasteiger partial charge in [0.2, 0.25) is 5.91 Å². The third kappa shape index (κ3) is 4.23. The summed E-state index contributed by atoms with van der Waals surface area (Å²) < 4.78 is 0. The topological polar surface area (TPSA) is 81.7 Å². The van der Waals surface area contributed by atoms with Gasteiger partial charge in [0.15, 0.2) is 0 Å². The fourth-order valence-corrected chi connectivity index (χ4v) is 3.68. The van der Waals surface area contributed by atoms with Gasteiger partial charge in [0, 0.05) is 22.8 Å². The van der Waals surface area contributed by atoms with Crippen molar-refractivity contribution in [1.29, 1.82) is 0 Å². The first kappa shape index (κ1) is 19.2. The van der Waals surface area contributed by atoms with Gasteiger partial charge in [-0.15, -0.1) is 0 Å². The van der Waals surface area contributed by atoms with Crippen molar-refractivity contribution in [3.8, 4) is 0 Å². The summed E-state index contributed by atoms with van der Waals surface area (Å²) in [6.07, 6.45) is 1.51. The largest absolute Gasteiger partial charge is 0.374 e. The molecule has 6 nitrogen and oxygen atoms in total. The van der Waals surface area contributed by atoms with E-state index in [0.717, 1.165) is 17.7 Å². The highest BCUT2D eigenvalue weighted by Gasteiger charge is 2.35. The van der Waals surface area contributed by atoms with Crippen LogP contribution in [0.3, 0.4) is 0 Å². The first-order valence-corrected chi connectivity index (χ1v) is 9.28. The number of rotatable bonds is 6. The van der Waals surface area contributed by atoms with Gasteiger partial charge < -0.3 is 10.2 Å². The van der Waals surface area contributed by atoms with E-state index >= 15 is 0 Å². The van der Waals surface area contributed by atoms with E-state index in [0.29, 0.717) is 23.6 Å². The first-order valence-electron chi connectivity index (χ1n) is 8.90. The normalized spacial score (nSPS) is 17.7. The molecule has 0 bridgehead atoms. The molecule has 1 fully saturated rings. The predicted octanol–water partition coefficient (Wildman–Crippen LogP) is 3.62.